The summed E-state index contributed by atoms with van der Waals surface area (Å²) >= 11 is 3.35. The van der Waals surface area contributed by atoms with Gasteiger partial charge in [-0.3, -0.25) is 14.5 Å². The molecular weight excluding hydrogens is 312 g/mol. The van der Waals surface area contributed by atoms with Crippen LogP contribution >= 0.6 is 15.9 Å². The fourth-order valence-corrected chi connectivity index (χ4v) is 2.34. The average molecular weight is 329 g/mol. The molecule has 1 rings (SSSR count). The third kappa shape index (κ3) is 5.00. The van der Waals surface area contributed by atoms with E-state index in [9.17, 15) is 9.59 Å². The molecule has 0 heterocycles. The molecule has 0 aliphatic rings. The Kier molecular flexibility index (Phi) is 5.98. The van der Waals surface area contributed by atoms with Crippen LogP contribution in [-0.2, 0) is 9.59 Å². The van der Waals surface area contributed by atoms with Gasteiger partial charge in [-0.15, -0.1) is 0 Å². The number of primary amides is 1. The van der Waals surface area contributed by atoms with E-state index in [0.717, 1.165) is 10.0 Å². The lowest BCUT2D eigenvalue weighted by Gasteiger charge is -2.25. The van der Waals surface area contributed by atoms with Gasteiger partial charge in [-0.2, -0.15) is 0 Å². The highest BCUT2D eigenvalue weighted by Crippen LogP contribution is 2.22. The third-order valence-electron chi connectivity index (χ3n) is 2.78. The molecule has 0 saturated carbocycles. The Bertz CT molecular complexity index is 465. The highest BCUT2D eigenvalue weighted by atomic mass is 79.9. The minimum absolute atomic E-state index is 0.0777. The third-order valence-corrected chi connectivity index (χ3v) is 3.27. The van der Waals surface area contributed by atoms with Crippen LogP contribution in [0.3, 0.4) is 0 Å². The minimum Gasteiger partial charge on any atom is -0.481 e. The van der Waals surface area contributed by atoms with E-state index in [-0.39, 0.29) is 6.42 Å². The van der Waals surface area contributed by atoms with Gasteiger partial charge in [-0.05, 0) is 37.7 Å². The molecule has 0 radical (unpaired) electrons. The number of carbonyl (C=O) groups is 2. The summed E-state index contributed by atoms with van der Waals surface area (Å²) in [5.41, 5.74) is 6.23. The van der Waals surface area contributed by atoms with Crippen LogP contribution in [0.4, 0.5) is 0 Å². The zero-order valence-corrected chi connectivity index (χ0v) is 12.3. The number of nitrogens with two attached hydrogens (primary N) is 1. The Hall–Kier alpha value is -1.40. The molecule has 0 fully saturated rings. The molecule has 0 aliphatic carbocycles. The molecule has 6 heteroatoms. The number of carbonyl (C=O) groups excluding carboxylic acids is 1. The fourth-order valence-electron chi connectivity index (χ4n) is 1.92. The number of aliphatic carboxylic acids is 1. The van der Waals surface area contributed by atoms with Crippen molar-refractivity contribution in [2.24, 2.45) is 5.73 Å². The number of benzene rings is 1. The molecular formula is C13H17BrN2O3. The number of rotatable bonds is 7. The van der Waals surface area contributed by atoms with Gasteiger partial charge >= 0.3 is 5.97 Å². The predicted molar refractivity (Wildman–Crippen MR) is 75.6 cm³/mol. The van der Waals surface area contributed by atoms with Crippen LogP contribution in [0.1, 0.15) is 24.4 Å². The van der Waals surface area contributed by atoms with Gasteiger partial charge in [-0.25, -0.2) is 0 Å². The van der Waals surface area contributed by atoms with Crippen molar-refractivity contribution in [3.8, 4) is 0 Å². The van der Waals surface area contributed by atoms with Gasteiger partial charge in [0.25, 0.3) is 0 Å². The Balaban J connectivity index is 2.77. The summed E-state index contributed by atoms with van der Waals surface area (Å²) in [6.07, 6.45) is 0.553. The average Bonchev–Trinajstić information content (AvgIpc) is 2.28. The second kappa shape index (κ2) is 7.25. The maximum Gasteiger partial charge on any atom is 0.303 e. The van der Waals surface area contributed by atoms with Gasteiger partial charge in [0.2, 0.25) is 5.91 Å². The fraction of sp³-hybridized carbons (Fsp3) is 0.385. The topological polar surface area (TPSA) is 83.6 Å². The van der Waals surface area contributed by atoms with E-state index in [1.165, 1.54) is 0 Å². The van der Waals surface area contributed by atoms with Gasteiger partial charge < -0.3 is 10.8 Å². The van der Waals surface area contributed by atoms with Crippen LogP contribution < -0.4 is 5.73 Å². The molecule has 3 N–H and O–H groups in total. The van der Waals surface area contributed by atoms with Crippen LogP contribution in [0.25, 0.3) is 0 Å². The number of halogens is 1. The highest BCUT2D eigenvalue weighted by Gasteiger charge is 2.22. The van der Waals surface area contributed by atoms with Crippen molar-refractivity contribution >= 4 is 27.8 Å². The van der Waals surface area contributed by atoms with Gasteiger partial charge in [0, 0.05) is 10.9 Å². The number of likely N-dealkylation sites (N-methyl/N-ethyl adjacent to an activating group) is 1. The monoisotopic (exact) mass is 328 g/mol. The summed E-state index contributed by atoms with van der Waals surface area (Å²) < 4.78 is 0.871. The van der Waals surface area contributed by atoms with Crippen molar-refractivity contribution in [1.29, 1.82) is 0 Å². The van der Waals surface area contributed by atoms with E-state index >= 15 is 0 Å². The SMILES string of the molecule is CN(CCCC(=O)O)C(C(N)=O)c1cccc(Br)c1. The standard InChI is InChI=1S/C13H17BrN2O3/c1-16(7-3-6-11(17)18)12(13(15)19)9-4-2-5-10(14)8-9/h2,4-5,8,12H,3,6-7H2,1H3,(H2,15,19)(H,17,18). The van der Waals surface area contributed by atoms with Gasteiger partial charge in [0.1, 0.15) is 6.04 Å². The van der Waals surface area contributed by atoms with Gasteiger partial charge in [0.15, 0.2) is 0 Å². The Labute approximate surface area is 120 Å². The molecule has 0 saturated heterocycles. The first kappa shape index (κ1) is 15.7. The lowest BCUT2D eigenvalue weighted by Crippen LogP contribution is -2.36. The molecule has 1 aromatic carbocycles. The number of hydrogen-bond acceptors (Lipinski definition) is 3. The largest absolute Gasteiger partial charge is 0.481 e. The molecule has 5 nitrogen and oxygen atoms in total. The number of hydrogen-bond donors (Lipinski definition) is 2. The highest BCUT2D eigenvalue weighted by molar-refractivity contribution is 9.10. The Morgan fingerprint density at radius 2 is 2.16 bits per heavy atom. The molecule has 1 amide bonds. The zero-order chi connectivity index (χ0) is 14.4. The summed E-state index contributed by atoms with van der Waals surface area (Å²) in [5, 5.41) is 8.61. The van der Waals surface area contributed by atoms with Crippen molar-refractivity contribution in [3.05, 3.63) is 34.3 Å². The lowest BCUT2D eigenvalue weighted by molar-refractivity contribution is -0.137. The van der Waals surface area contributed by atoms with Crippen molar-refractivity contribution < 1.29 is 14.7 Å². The first-order valence-corrected chi connectivity index (χ1v) is 6.68. The second-order valence-corrected chi connectivity index (χ2v) is 5.25. The molecule has 1 aromatic rings. The number of nitrogens with zero attached hydrogens (tertiary/aromatic N) is 1. The van der Waals surface area contributed by atoms with Crippen molar-refractivity contribution in [2.75, 3.05) is 13.6 Å². The van der Waals surface area contributed by atoms with Crippen LogP contribution in [0.5, 0.6) is 0 Å². The molecule has 104 valence electrons. The van der Waals surface area contributed by atoms with Crippen LogP contribution in [0.2, 0.25) is 0 Å². The molecule has 0 aliphatic heterocycles. The van der Waals surface area contributed by atoms with Gasteiger partial charge in [0.05, 0.1) is 0 Å². The van der Waals surface area contributed by atoms with Gasteiger partial charge in [-0.1, -0.05) is 28.1 Å². The molecule has 0 bridgehead atoms. The summed E-state index contributed by atoms with van der Waals surface area (Å²) in [5.74, 6) is -1.29. The summed E-state index contributed by atoms with van der Waals surface area (Å²) in [4.78, 5) is 23.9. The van der Waals surface area contributed by atoms with Crippen molar-refractivity contribution in [2.45, 2.75) is 18.9 Å². The maximum atomic E-state index is 11.6. The first-order valence-electron chi connectivity index (χ1n) is 5.88. The second-order valence-electron chi connectivity index (χ2n) is 4.34. The van der Waals surface area contributed by atoms with Crippen LogP contribution in [0, 0.1) is 0 Å². The van der Waals surface area contributed by atoms with E-state index in [0.29, 0.717) is 13.0 Å². The lowest BCUT2D eigenvalue weighted by atomic mass is 10.0. The summed E-state index contributed by atoms with van der Waals surface area (Å²) in [6, 6.07) is 6.81. The Morgan fingerprint density at radius 3 is 2.68 bits per heavy atom. The molecule has 1 unspecified atom stereocenters. The number of carboxylic acid groups (broad SMARTS) is 1. The smallest absolute Gasteiger partial charge is 0.303 e. The molecule has 1 atom stereocenters. The Morgan fingerprint density at radius 1 is 1.47 bits per heavy atom. The summed E-state index contributed by atoms with van der Waals surface area (Å²) in [6.45, 7) is 0.492. The van der Waals surface area contributed by atoms with E-state index < -0.39 is 17.9 Å². The van der Waals surface area contributed by atoms with E-state index in [4.69, 9.17) is 10.8 Å². The zero-order valence-electron chi connectivity index (χ0n) is 10.7. The van der Waals surface area contributed by atoms with Crippen LogP contribution in [0.15, 0.2) is 28.7 Å². The normalized spacial score (nSPS) is 12.4. The van der Waals surface area contributed by atoms with E-state index in [2.05, 4.69) is 15.9 Å². The first-order chi connectivity index (χ1) is 8.91. The maximum absolute atomic E-state index is 11.6. The van der Waals surface area contributed by atoms with Crippen molar-refractivity contribution in [3.63, 3.8) is 0 Å². The predicted octanol–water partition coefficient (Wildman–Crippen LogP) is 1.77. The minimum atomic E-state index is -0.841. The quantitative estimate of drug-likeness (QED) is 0.799. The molecule has 0 spiro atoms. The number of amides is 1. The number of carboxylic acids is 1. The van der Waals surface area contributed by atoms with Crippen LogP contribution in [-0.4, -0.2) is 35.5 Å². The molecule has 0 aromatic heterocycles. The molecule has 19 heavy (non-hydrogen) atoms. The van der Waals surface area contributed by atoms with E-state index in [1.807, 2.05) is 24.3 Å². The summed E-state index contributed by atoms with van der Waals surface area (Å²) in [7, 11) is 1.76. The van der Waals surface area contributed by atoms with Crippen molar-refractivity contribution in [1.82, 2.24) is 4.90 Å². The van der Waals surface area contributed by atoms with E-state index in [1.54, 1.807) is 11.9 Å².